The molecule has 0 saturated heterocycles. The summed E-state index contributed by atoms with van der Waals surface area (Å²) in [6.45, 7) is 7.54. The molecule has 5 heteroatoms. The summed E-state index contributed by atoms with van der Waals surface area (Å²) in [4.78, 5) is 0.301. The fourth-order valence-corrected chi connectivity index (χ4v) is 3.23. The van der Waals surface area contributed by atoms with E-state index in [0.717, 1.165) is 11.1 Å². The molecule has 4 nitrogen and oxygen atoms in total. The number of hydrogen-bond acceptors (Lipinski definition) is 3. The molecule has 0 aliphatic heterocycles. The molecule has 1 aromatic rings. The molecule has 0 aliphatic rings. The zero-order valence-electron chi connectivity index (χ0n) is 10.7. The third kappa shape index (κ3) is 3.80. The monoisotopic (exact) mass is 256 g/mol. The third-order valence-electron chi connectivity index (χ3n) is 2.22. The lowest BCUT2D eigenvalue weighted by molar-refractivity contribution is 0.491. The number of nitrogens with two attached hydrogens (primary N) is 1. The third-order valence-corrected chi connectivity index (χ3v) is 4.12. The molecule has 0 unspecified atom stereocenters. The van der Waals surface area contributed by atoms with Crippen LogP contribution in [0.1, 0.15) is 31.9 Å². The first-order chi connectivity index (χ1) is 7.65. The van der Waals surface area contributed by atoms with Gasteiger partial charge in [-0.15, -0.1) is 0 Å². The van der Waals surface area contributed by atoms with Crippen molar-refractivity contribution in [2.24, 2.45) is 5.73 Å². The molecule has 3 N–H and O–H groups in total. The van der Waals surface area contributed by atoms with Crippen molar-refractivity contribution in [2.45, 2.75) is 44.7 Å². The number of aryl methyl sites for hydroxylation is 1. The Bertz CT molecular complexity index is 502. The maximum absolute atomic E-state index is 12.2. The molecule has 17 heavy (non-hydrogen) atoms. The molecular formula is C12H20N2O2S. The van der Waals surface area contributed by atoms with Crippen LogP contribution in [-0.4, -0.2) is 14.0 Å². The minimum atomic E-state index is -3.49. The van der Waals surface area contributed by atoms with E-state index in [1.165, 1.54) is 0 Å². The second-order valence-electron chi connectivity index (χ2n) is 5.16. The predicted molar refractivity (Wildman–Crippen MR) is 69.1 cm³/mol. The zero-order valence-corrected chi connectivity index (χ0v) is 11.6. The summed E-state index contributed by atoms with van der Waals surface area (Å²) in [7, 11) is -3.49. The van der Waals surface area contributed by atoms with Crippen molar-refractivity contribution in [3.8, 4) is 0 Å². The van der Waals surface area contributed by atoms with Crippen LogP contribution >= 0.6 is 0 Å². The molecule has 0 fully saturated rings. The Hall–Kier alpha value is -0.910. The Balaban J connectivity index is 3.23. The van der Waals surface area contributed by atoms with Gasteiger partial charge in [0.25, 0.3) is 0 Å². The number of rotatable bonds is 3. The molecule has 0 aromatic heterocycles. The Morgan fingerprint density at radius 3 is 2.35 bits per heavy atom. The van der Waals surface area contributed by atoms with E-state index in [9.17, 15) is 8.42 Å². The summed E-state index contributed by atoms with van der Waals surface area (Å²) < 4.78 is 27.0. The van der Waals surface area contributed by atoms with Gasteiger partial charge in [-0.3, -0.25) is 0 Å². The predicted octanol–water partition coefficient (Wildman–Crippen LogP) is 1.53. The van der Waals surface area contributed by atoms with Crippen molar-refractivity contribution in [3.63, 3.8) is 0 Å². The average molecular weight is 256 g/mol. The molecule has 0 heterocycles. The normalized spacial score (nSPS) is 12.8. The number of sulfonamides is 1. The number of hydrogen-bond donors (Lipinski definition) is 2. The van der Waals surface area contributed by atoms with Crippen molar-refractivity contribution in [1.82, 2.24) is 4.72 Å². The molecule has 0 radical (unpaired) electrons. The van der Waals surface area contributed by atoms with Crippen LogP contribution in [0.5, 0.6) is 0 Å². The molecule has 0 atom stereocenters. The summed E-state index contributed by atoms with van der Waals surface area (Å²) in [5.74, 6) is 0. The van der Waals surface area contributed by atoms with Gasteiger partial charge in [-0.1, -0.05) is 12.1 Å². The Labute approximate surface area is 103 Å². The molecule has 0 aliphatic carbocycles. The lowest BCUT2D eigenvalue weighted by atomic mass is 10.1. The quantitative estimate of drug-likeness (QED) is 0.861. The zero-order chi connectivity index (χ0) is 13.3. The van der Waals surface area contributed by atoms with Gasteiger partial charge in [0.2, 0.25) is 10.0 Å². The Morgan fingerprint density at radius 1 is 1.29 bits per heavy atom. The van der Waals surface area contributed by atoms with E-state index in [2.05, 4.69) is 4.72 Å². The minimum absolute atomic E-state index is 0.301. The van der Waals surface area contributed by atoms with Gasteiger partial charge in [0, 0.05) is 12.1 Å². The molecule has 0 saturated carbocycles. The maximum atomic E-state index is 12.2. The van der Waals surface area contributed by atoms with E-state index in [0.29, 0.717) is 11.4 Å². The van der Waals surface area contributed by atoms with Crippen LogP contribution in [0.25, 0.3) is 0 Å². The van der Waals surface area contributed by atoms with Gasteiger partial charge in [-0.2, -0.15) is 0 Å². The second-order valence-corrected chi connectivity index (χ2v) is 6.81. The largest absolute Gasteiger partial charge is 0.326 e. The van der Waals surface area contributed by atoms with Gasteiger partial charge in [-0.25, -0.2) is 13.1 Å². The summed E-state index contributed by atoms with van der Waals surface area (Å²) in [6.07, 6.45) is 0. The SMILES string of the molecule is Cc1ccc(CN)cc1S(=O)(=O)NC(C)(C)C. The van der Waals surface area contributed by atoms with E-state index in [1.54, 1.807) is 19.1 Å². The lowest BCUT2D eigenvalue weighted by Crippen LogP contribution is -2.40. The molecule has 0 spiro atoms. The van der Waals surface area contributed by atoms with Crippen molar-refractivity contribution < 1.29 is 8.42 Å². The number of benzene rings is 1. The smallest absolute Gasteiger partial charge is 0.241 e. The van der Waals surface area contributed by atoms with Crippen LogP contribution in [-0.2, 0) is 16.6 Å². The van der Waals surface area contributed by atoms with Gasteiger partial charge in [-0.05, 0) is 44.9 Å². The Morgan fingerprint density at radius 2 is 1.88 bits per heavy atom. The van der Waals surface area contributed by atoms with E-state index in [-0.39, 0.29) is 0 Å². The lowest BCUT2D eigenvalue weighted by Gasteiger charge is -2.21. The van der Waals surface area contributed by atoms with Gasteiger partial charge < -0.3 is 5.73 Å². The van der Waals surface area contributed by atoms with Crippen LogP contribution in [0.2, 0.25) is 0 Å². The van der Waals surface area contributed by atoms with Gasteiger partial charge in [0.15, 0.2) is 0 Å². The standard InChI is InChI=1S/C12H20N2O2S/c1-9-5-6-10(8-13)7-11(9)17(15,16)14-12(2,3)4/h5-7,14H,8,13H2,1-4H3. The fourth-order valence-electron chi connectivity index (χ4n) is 1.52. The molecule has 96 valence electrons. The van der Waals surface area contributed by atoms with E-state index in [1.807, 2.05) is 26.8 Å². The first-order valence-corrected chi connectivity index (χ1v) is 6.97. The molecule has 0 amide bonds. The van der Waals surface area contributed by atoms with Crippen LogP contribution in [0, 0.1) is 6.92 Å². The summed E-state index contributed by atoms with van der Waals surface area (Å²) in [5, 5.41) is 0. The van der Waals surface area contributed by atoms with Crippen LogP contribution in [0.4, 0.5) is 0 Å². The average Bonchev–Trinajstić information content (AvgIpc) is 2.14. The first kappa shape index (κ1) is 14.2. The highest BCUT2D eigenvalue weighted by Gasteiger charge is 2.23. The van der Waals surface area contributed by atoms with Crippen molar-refractivity contribution >= 4 is 10.0 Å². The molecule has 1 rings (SSSR count). The molecule has 1 aromatic carbocycles. The molecule has 0 bridgehead atoms. The topological polar surface area (TPSA) is 72.2 Å². The van der Waals surface area contributed by atoms with Crippen LogP contribution in [0.15, 0.2) is 23.1 Å². The van der Waals surface area contributed by atoms with E-state index >= 15 is 0 Å². The summed E-state index contributed by atoms with van der Waals surface area (Å²) in [6, 6.07) is 5.24. The highest BCUT2D eigenvalue weighted by molar-refractivity contribution is 7.89. The summed E-state index contributed by atoms with van der Waals surface area (Å²) >= 11 is 0. The van der Waals surface area contributed by atoms with Gasteiger partial charge >= 0.3 is 0 Å². The maximum Gasteiger partial charge on any atom is 0.241 e. The van der Waals surface area contributed by atoms with Gasteiger partial charge in [0.05, 0.1) is 4.90 Å². The first-order valence-electron chi connectivity index (χ1n) is 5.49. The highest BCUT2D eigenvalue weighted by Crippen LogP contribution is 2.18. The molecular weight excluding hydrogens is 236 g/mol. The fraction of sp³-hybridized carbons (Fsp3) is 0.500. The summed E-state index contributed by atoms with van der Waals surface area (Å²) in [5.41, 5.74) is 6.56. The highest BCUT2D eigenvalue weighted by atomic mass is 32.2. The van der Waals surface area contributed by atoms with Crippen LogP contribution < -0.4 is 10.5 Å². The van der Waals surface area contributed by atoms with Gasteiger partial charge in [0.1, 0.15) is 0 Å². The van der Waals surface area contributed by atoms with E-state index in [4.69, 9.17) is 5.73 Å². The van der Waals surface area contributed by atoms with Crippen LogP contribution in [0.3, 0.4) is 0 Å². The minimum Gasteiger partial charge on any atom is -0.326 e. The number of nitrogens with one attached hydrogen (secondary N) is 1. The second kappa shape index (κ2) is 4.76. The van der Waals surface area contributed by atoms with Crippen molar-refractivity contribution in [3.05, 3.63) is 29.3 Å². The van der Waals surface area contributed by atoms with E-state index < -0.39 is 15.6 Å². The Kier molecular flexibility index (Phi) is 3.96. The van der Waals surface area contributed by atoms with Crippen molar-refractivity contribution in [2.75, 3.05) is 0 Å². The van der Waals surface area contributed by atoms with Crippen molar-refractivity contribution in [1.29, 1.82) is 0 Å².